The van der Waals surface area contributed by atoms with Crippen molar-refractivity contribution in [3.05, 3.63) is 78.4 Å². The Morgan fingerprint density at radius 3 is 2.43 bits per heavy atom. The van der Waals surface area contributed by atoms with Gasteiger partial charge in [-0.25, -0.2) is 4.98 Å². The molecule has 7 nitrogen and oxygen atoms in total. The zero-order valence-corrected chi connectivity index (χ0v) is 15.6. The van der Waals surface area contributed by atoms with Crippen molar-refractivity contribution >= 4 is 11.6 Å². The van der Waals surface area contributed by atoms with Crippen LogP contribution in [-0.2, 0) is 6.54 Å². The molecule has 2 heterocycles. The Balaban J connectivity index is 1.40. The van der Waals surface area contributed by atoms with Gasteiger partial charge in [-0.15, -0.1) is 0 Å². The first-order valence-corrected chi connectivity index (χ1v) is 8.88. The van der Waals surface area contributed by atoms with E-state index in [1.807, 2.05) is 42.5 Å². The second-order valence-electron chi connectivity index (χ2n) is 5.92. The van der Waals surface area contributed by atoms with Gasteiger partial charge in [0.05, 0.1) is 19.0 Å². The minimum atomic E-state index is -0.216. The predicted octanol–water partition coefficient (Wildman–Crippen LogP) is 2.91. The molecule has 0 aliphatic carbocycles. The maximum absolute atomic E-state index is 12.2. The van der Waals surface area contributed by atoms with Crippen LogP contribution in [0.4, 0.5) is 5.69 Å². The molecule has 2 N–H and O–H groups in total. The molecular formula is C21H22N4O3. The number of pyridine rings is 2. The van der Waals surface area contributed by atoms with E-state index in [1.165, 1.54) is 0 Å². The number of carbonyl (C=O) groups is 1. The van der Waals surface area contributed by atoms with Gasteiger partial charge in [0.2, 0.25) is 0 Å². The van der Waals surface area contributed by atoms with E-state index in [0.717, 1.165) is 22.7 Å². The van der Waals surface area contributed by atoms with E-state index in [-0.39, 0.29) is 5.91 Å². The van der Waals surface area contributed by atoms with Crippen LogP contribution >= 0.6 is 0 Å². The van der Waals surface area contributed by atoms with Crippen molar-refractivity contribution in [2.45, 2.75) is 6.54 Å². The highest BCUT2D eigenvalue weighted by Crippen LogP contribution is 2.16. The number of ether oxygens (including phenoxy) is 2. The number of benzene rings is 1. The van der Waals surface area contributed by atoms with E-state index >= 15 is 0 Å². The third-order valence-corrected chi connectivity index (χ3v) is 3.96. The molecular weight excluding hydrogens is 356 g/mol. The van der Waals surface area contributed by atoms with Crippen LogP contribution in [0.1, 0.15) is 16.1 Å². The van der Waals surface area contributed by atoms with Crippen molar-refractivity contribution in [1.29, 1.82) is 0 Å². The summed E-state index contributed by atoms with van der Waals surface area (Å²) in [5, 5.41) is 6.05. The van der Waals surface area contributed by atoms with E-state index in [2.05, 4.69) is 20.6 Å². The Morgan fingerprint density at radius 2 is 1.75 bits per heavy atom. The topological polar surface area (TPSA) is 85.4 Å². The molecule has 0 aliphatic rings. The van der Waals surface area contributed by atoms with Gasteiger partial charge in [-0.1, -0.05) is 0 Å². The van der Waals surface area contributed by atoms with Crippen molar-refractivity contribution < 1.29 is 14.3 Å². The summed E-state index contributed by atoms with van der Waals surface area (Å²) in [6.45, 7) is 1.55. The van der Waals surface area contributed by atoms with Crippen LogP contribution in [-0.4, -0.2) is 36.1 Å². The Bertz CT molecular complexity index is 868. The van der Waals surface area contributed by atoms with Gasteiger partial charge >= 0.3 is 0 Å². The fraction of sp³-hybridized carbons (Fsp3) is 0.190. The van der Waals surface area contributed by atoms with Gasteiger partial charge in [-0.3, -0.25) is 9.78 Å². The van der Waals surface area contributed by atoms with Crippen molar-refractivity contribution in [3.8, 4) is 11.5 Å². The third-order valence-electron chi connectivity index (χ3n) is 3.96. The van der Waals surface area contributed by atoms with E-state index in [9.17, 15) is 4.79 Å². The number of carbonyl (C=O) groups excluding carboxylic acids is 1. The van der Waals surface area contributed by atoms with Crippen LogP contribution in [0.15, 0.2) is 67.1 Å². The monoisotopic (exact) mass is 378 g/mol. The largest absolute Gasteiger partial charge is 0.497 e. The molecule has 28 heavy (non-hydrogen) atoms. The molecule has 0 bridgehead atoms. The summed E-state index contributed by atoms with van der Waals surface area (Å²) in [6.07, 6.45) is 5.02. The summed E-state index contributed by atoms with van der Waals surface area (Å²) in [5.41, 5.74) is 2.18. The average molecular weight is 378 g/mol. The molecule has 1 aromatic carbocycles. The summed E-state index contributed by atoms with van der Waals surface area (Å²) in [7, 11) is 1.63. The summed E-state index contributed by atoms with van der Waals surface area (Å²) in [6, 6.07) is 14.6. The van der Waals surface area contributed by atoms with Gasteiger partial charge < -0.3 is 20.1 Å². The second-order valence-corrected chi connectivity index (χ2v) is 5.92. The first-order valence-electron chi connectivity index (χ1n) is 8.88. The lowest BCUT2D eigenvalue weighted by Crippen LogP contribution is -2.23. The third kappa shape index (κ3) is 5.70. The average Bonchev–Trinajstić information content (AvgIpc) is 2.76. The maximum atomic E-state index is 12.2. The SMILES string of the molecule is COc1ccc(OCCNc2ccc(C(=O)NCc3ccncc3)nc2)cc1. The standard InChI is InChI=1S/C21H22N4O3/c1-27-18-3-5-19(6-4-18)28-13-12-23-17-2-7-20(24-15-17)21(26)25-14-16-8-10-22-11-9-16/h2-11,15,23H,12-14H2,1H3,(H,25,26). The Labute approximate surface area is 163 Å². The summed E-state index contributed by atoms with van der Waals surface area (Å²) in [4.78, 5) is 20.3. The molecule has 0 fully saturated rings. The lowest BCUT2D eigenvalue weighted by Gasteiger charge is -2.09. The highest BCUT2D eigenvalue weighted by molar-refractivity contribution is 5.92. The molecule has 1 amide bonds. The number of nitrogens with one attached hydrogen (secondary N) is 2. The number of anilines is 1. The van der Waals surface area contributed by atoms with Gasteiger partial charge in [-0.05, 0) is 54.1 Å². The van der Waals surface area contributed by atoms with Crippen LogP contribution < -0.4 is 20.1 Å². The van der Waals surface area contributed by atoms with Gasteiger partial charge in [-0.2, -0.15) is 0 Å². The smallest absolute Gasteiger partial charge is 0.270 e. The maximum Gasteiger partial charge on any atom is 0.270 e. The van der Waals surface area contributed by atoms with Gasteiger partial charge in [0.25, 0.3) is 5.91 Å². The highest BCUT2D eigenvalue weighted by Gasteiger charge is 2.06. The van der Waals surface area contributed by atoms with E-state index in [1.54, 1.807) is 31.8 Å². The summed E-state index contributed by atoms with van der Waals surface area (Å²) in [5.74, 6) is 1.36. The number of amides is 1. The number of rotatable bonds is 9. The van der Waals surface area contributed by atoms with E-state index < -0.39 is 0 Å². The molecule has 0 aliphatic heterocycles. The fourth-order valence-electron chi connectivity index (χ4n) is 2.44. The molecule has 0 unspecified atom stereocenters. The lowest BCUT2D eigenvalue weighted by molar-refractivity contribution is 0.0946. The Hall–Kier alpha value is -3.61. The molecule has 7 heteroatoms. The van der Waals surface area contributed by atoms with Crippen LogP contribution in [0, 0.1) is 0 Å². The molecule has 0 spiro atoms. The van der Waals surface area contributed by atoms with Crippen molar-refractivity contribution in [1.82, 2.24) is 15.3 Å². The van der Waals surface area contributed by atoms with Crippen LogP contribution in [0.5, 0.6) is 11.5 Å². The van der Waals surface area contributed by atoms with Crippen LogP contribution in [0.25, 0.3) is 0 Å². The summed E-state index contributed by atoms with van der Waals surface area (Å²) < 4.78 is 10.8. The number of methoxy groups -OCH3 is 1. The predicted molar refractivity (Wildman–Crippen MR) is 107 cm³/mol. The van der Waals surface area contributed by atoms with Gasteiger partial charge in [0, 0.05) is 25.5 Å². The molecule has 3 rings (SSSR count). The van der Waals surface area contributed by atoms with Crippen molar-refractivity contribution in [3.63, 3.8) is 0 Å². The van der Waals surface area contributed by atoms with Crippen molar-refractivity contribution in [2.24, 2.45) is 0 Å². The lowest BCUT2D eigenvalue weighted by atomic mass is 10.2. The Morgan fingerprint density at radius 1 is 1.00 bits per heavy atom. The van der Waals surface area contributed by atoms with Gasteiger partial charge in [0.15, 0.2) is 0 Å². The van der Waals surface area contributed by atoms with E-state index in [0.29, 0.717) is 25.4 Å². The molecule has 3 aromatic rings. The minimum Gasteiger partial charge on any atom is -0.497 e. The molecule has 2 aromatic heterocycles. The fourth-order valence-corrected chi connectivity index (χ4v) is 2.44. The molecule has 144 valence electrons. The number of hydrogen-bond acceptors (Lipinski definition) is 6. The van der Waals surface area contributed by atoms with Crippen LogP contribution in [0.3, 0.4) is 0 Å². The number of nitrogens with zero attached hydrogens (tertiary/aromatic N) is 2. The Kier molecular flexibility index (Phi) is 6.78. The zero-order chi connectivity index (χ0) is 19.6. The zero-order valence-electron chi connectivity index (χ0n) is 15.6. The highest BCUT2D eigenvalue weighted by atomic mass is 16.5. The quantitative estimate of drug-likeness (QED) is 0.557. The molecule has 0 radical (unpaired) electrons. The number of hydrogen-bond donors (Lipinski definition) is 2. The van der Waals surface area contributed by atoms with E-state index in [4.69, 9.17) is 9.47 Å². The van der Waals surface area contributed by atoms with Crippen LogP contribution in [0.2, 0.25) is 0 Å². The molecule has 0 saturated carbocycles. The molecule has 0 atom stereocenters. The van der Waals surface area contributed by atoms with Gasteiger partial charge in [0.1, 0.15) is 23.8 Å². The second kappa shape index (κ2) is 9.91. The normalized spacial score (nSPS) is 10.2. The first kappa shape index (κ1) is 19.2. The first-order chi connectivity index (χ1) is 13.7. The summed E-state index contributed by atoms with van der Waals surface area (Å²) >= 11 is 0. The number of aromatic nitrogens is 2. The van der Waals surface area contributed by atoms with Crippen molar-refractivity contribution in [2.75, 3.05) is 25.6 Å². The molecule has 0 saturated heterocycles. The minimum absolute atomic E-state index is 0.216.